The zero-order chi connectivity index (χ0) is 13.9. The number of likely N-dealkylation sites (tertiary alicyclic amines) is 1. The van der Waals surface area contributed by atoms with E-state index >= 15 is 0 Å². The molecule has 106 valence electrons. The molecule has 2 aliphatic rings. The topological polar surface area (TPSA) is 58.6 Å². The highest BCUT2D eigenvalue weighted by molar-refractivity contribution is 5.81. The van der Waals surface area contributed by atoms with E-state index in [9.17, 15) is 9.59 Å². The molecular weight excluding hydrogens is 256 g/mol. The average molecular weight is 274 g/mol. The van der Waals surface area contributed by atoms with Crippen LogP contribution < -0.4 is 10.1 Å². The summed E-state index contributed by atoms with van der Waals surface area (Å²) in [4.78, 5) is 25.5. The Bertz CT molecular complexity index is 499. The summed E-state index contributed by atoms with van der Waals surface area (Å²) in [7, 11) is 0. The summed E-state index contributed by atoms with van der Waals surface area (Å²) in [5.41, 5.74) is 0. The van der Waals surface area contributed by atoms with Gasteiger partial charge in [-0.15, -0.1) is 0 Å². The summed E-state index contributed by atoms with van der Waals surface area (Å²) >= 11 is 0. The third-order valence-corrected chi connectivity index (χ3v) is 3.70. The van der Waals surface area contributed by atoms with Crippen LogP contribution in [0.25, 0.3) is 0 Å². The smallest absolute Gasteiger partial charge is 0.410 e. The van der Waals surface area contributed by atoms with Gasteiger partial charge in [-0.3, -0.25) is 4.79 Å². The van der Waals surface area contributed by atoms with Crippen molar-refractivity contribution in [2.24, 2.45) is 5.92 Å². The van der Waals surface area contributed by atoms with Gasteiger partial charge in [0.1, 0.15) is 5.75 Å². The molecule has 2 fully saturated rings. The second kappa shape index (κ2) is 5.53. The normalized spacial score (nSPS) is 21.6. The van der Waals surface area contributed by atoms with Gasteiger partial charge in [-0.2, -0.15) is 0 Å². The molecule has 20 heavy (non-hydrogen) atoms. The number of ether oxygens (including phenoxy) is 1. The zero-order valence-electron chi connectivity index (χ0n) is 11.2. The Balaban J connectivity index is 1.46. The van der Waals surface area contributed by atoms with Gasteiger partial charge in [-0.05, 0) is 31.4 Å². The predicted octanol–water partition coefficient (Wildman–Crippen LogP) is 1.79. The van der Waals surface area contributed by atoms with E-state index in [0.717, 1.165) is 25.8 Å². The summed E-state index contributed by atoms with van der Waals surface area (Å²) in [5.74, 6) is 1.00. The maximum absolute atomic E-state index is 11.9. The van der Waals surface area contributed by atoms with Crippen LogP contribution in [-0.4, -0.2) is 36.0 Å². The Hall–Kier alpha value is -2.04. The summed E-state index contributed by atoms with van der Waals surface area (Å²) in [6.07, 6.45) is 2.37. The van der Waals surface area contributed by atoms with Gasteiger partial charge in [0.25, 0.3) is 0 Å². The quantitative estimate of drug-likeness (QED) is 0.914. The highest BCUT2D eigenvalue weighted by atomic mass is 16.6. The molecule has 1 saturated carbocycles. The van der Waals surface area contributed by atoms with Crippen LogP contribution in [0.5, 0.6) is 5.75 Å². The summed E-state index contributed by atoms with van der Waals surface area (Å²) in [6, 6.07) is 8.95. The lowest BCUT2D eigenvalue weighted by atomic mass is 10.3. The van der Waals surface area contributed by atoms with Gasteiger partial charge in [0.2, 0.25) is 5.91 Å². The van der Waals surface area contributed by atoms with Gasteiger partial charge in [-0.1, -0.05) is 18.2 Å². The van der Waals surface area contributed by atoms with Gasteiger partial charge in [-0.25, -0.2) is 4.79 Å². The predicted molar refractivity (Wildman–Crippen MR) is 73.3 cm³/mol. The van der Waals surface area contributed by atoms with E-state index in [-0.39, 0.29) is 17.9 Å². The Labute approximate surface area is 117 Å². The van der Waals surface area contributed by atoms with Crippen molar-refractivity contribution in [1.29, 1.82) is 0 Å². The fourth-order valence-corrected chi connectivity index (χ4v) is 2.46. The van der Waals surface area contributed by atoms with Gasteiger partial charge in [0.05, 0.1) is 6.04 Å². The zero-order valence-corrected chi connectivity index (χ0v) is 11.2. The fourth-order valence-electron chi connectivity index (χ4n) is 2.46. The molecule has 0 radical (unpaired) electrons. The maximum atomic E-state index is 11.9. The number of carbonyl (C=O) groups is 2. The highest BCUT2D eigenvalue weighted by Crippen LogP contribution is 2.32. The largest absolute Gasteiger partial charge is 0.412 e. The maximum Gasteiger partial charge on any atom is 0.412 e. The first-order valence-corrected chi connectivity index (χ1v) is 7.04. The molecule has 2 amide bonds. The lowest BCUT2D eigenvalue weighted by Gasteiger charge is -2.16. The number of nitrogens with zero attached hydrogens (tertiary/aromatic N) is 1. The number of nitrogens with one attached hydrogen (secondary N) is 1. The van der Waals surface area contributed by atoms with Crippen molar-refractivity contribution in [2.75, 3.05) is 13.1 Å². The molecule has 0 aromatic heterocycles. The first-order chi connectivity index (χ1) is 9.72. The van der Waals surface area contributed by atoms with E-state index in [0.29, 0.717) is 12.3 Å². The molecule has 1 saturated heterocycles. The fraction of sp³-hybridized carbons (Fsp3) is 0.467. The molecule has 0 spiro atoms. The number of carbonyl (C=O) groups excluding carboxylic acids is 2. The van der Waals surface area contributed by atoms with Gasteiger partial charge in [0.15, 0.2) is 0 Å². The standard InChI is InChI=1S/C15H18N2O3/c18-14(11-6-7-11)17-9-8-12(10-17)16-15(19)20-13-4-2-1-3-5-13/h1-5,11-12H,6-10H2,(H,16,19). The number of amides is 2. The van der Waals surface area contributed by atoms with Crippen LogP contribution in [0.2, 0.25) is 0 Å². The minimum Gasteiger partial charge on any atom is -0.410 e. The highest BCUT2D eigenvalue weighted by Gasteiger charge is 2.36. The summed E-state index contributed by atoms with van der Waals surface area (Å²) < 4.78 is 5.18. The third kappa shape index (κ3) is 3.10. The van der Waals surface area contributed by atoms with Crippen molar-refractivity contribution in [1.82, 2.24) is 10.2 Å². The molecule has 1 N–H and O–H groups in total. The molecule has 1 heterocycles. The first kappa shape index (κ1) is 13.0. The van der Waals surface area contributed by atoms with E-state index in [1.54, 1.807) is 12.1 Å². The molecule has 1 aliphatic carbocycles. The molecule has 1 aromatic rings. The lowest BCUT2D eigenvalue weighted by molar-refractivity contribution is -0.131. The van der Waals surface area contributed by atoms with Crippen molar-refractivity contribution in [3.8, 4) is 5.75 Å². The second-order valence-electron chi connectivity index (χ2n) is 5.39. The number of benzene rings is 1. The first-order valence-electron chi connectivity index (χ1n) is 7.04. The molecule has 5 heteroatoms. The summed E-state index contributed by atoms with van der Waals surface area (Å²) in [5, 5.41) is 2.82. The Morgan fingerprint density at radius 3 is 2.60 bits per heavy atom. The monoisotopic (exact) mass is 274 g/mol. The lowest BCUT2D eigenvalue weighted by Crippen LogP contribution is -2.40. The number of para-hydroxylation sites is 1. The van der Waals surface area contributed by atoms with Gasteiger partial charge >= 0.3 is 6.09 Å². The van der Waals surface area contributed by atoms with Crippen molar-refractivity contribution in [2.45, 2.75) is 25.3 Å². The van der Waals surface area contributed by atoms with E-state index in [1.807, 2.05) is 23.1 Å². The van der Waals surface area contributed by atoms with Gasteiger partial charge in [0, 0.05) is 19.0 Å². The summed E-state index contributed by atoms with van der Waals surface area (Å²) in [6.45, 7) is 1.32. The second-order valence-corrected chi connectivity index (χ2v) is 5.39. The van der Waals surface area contributed by atoms with Crippen LogP contribution in [0, 0.1) is 5.92 Å². The molecule has 1 aromatic carbocycles. The Kier molecular flexibility index (Phi) is 3.58. The van der Waals surface area contributed by atoms with Crippen LogP contribution in [0.15, 0.2) is 30.3 Å². The molecule has 3 rings (SSSR count). The number of rotatable bonds is 3. The molecule has 1 unspecified atom stereocenters. The Morgan fingerprint density at radius 1 is 1.15 bits per heavy atom. The number of hydrogen-bond acceptors (Lipinski definition) is 3. The van der Waals surface area contributed by atoms with E-state index in [2.05, 4.69) is 5.32 Å². The minimum atomic E-state index is -0.457. The third-order valence-electron chi connectivity index (χ3n) is 3.70. The SMILES string of the molecule is O=C(NC1CCN(C(=O)C2CC2)C1)Oc1ccccc1. The average Bonchev–Trinajstić information content (AvgIpc) is 3.19. The van der Waals surface area contributed by atoms with Gasteiger partial charge < -0.3 is 15.0 Å². The van der Waals surface area contributed by atoms with E-state index < -0.39 is 6.09 Å². The van der Waals surface area contributed by atoms with Crippen molar-refractivity contribution >= 4 is 12.0 Å². The molecule has 0 bridgehead atoms. The van der Waals surface area contributed by atoms with E-state index in [4.69, 9.17) is 4.74 Å². The molecule has 5 nitrogen and oxygen atoms in total. The number of hydrogen-bond donors (Lipinski definition) is 1. The van der Waals surface area contributed by atoms with Crippen LogP contribution in [0.3, 0.4) is 0 Å². The van der Waals surface area contributed by atoms with Crippen LogP contribution in [0.1, 0.15) is 19.3 Å². The van der Waals surface area contributed by atoms with Crippen molar-refractivity contribution < 1.29 is 14.3 Å². The van der Waals surface area contributed by atoms with E-state index in [1.165, 1.54) is 0 Å². The minimum absolute atomic E-state index is 0.00564. The molecule has 1 atom stereocenters. The van der Waals surface area contributed by atoms with Crippen LogP contribution in [0.4, 0.5) is 4.79 Å². The van der Waals surface area contributed by atoms with Crippen LogP contribution in [-0.2, 0) is 4.79 Å². The van der Waals surface area contributed by atoms with Crippen molar-refractivity contribution in [3.05, 3.63) is 30.3 Å². The molecular formula is C15H18N2O3. The molecule has 1 aliphatic heterocycles. The Morgan fingerprint density at radius 2 is 1.90 bits per heavy atom. The van der Waals surface area contributed by atoms with Crippen molar-refractivity contribution in [3.63, 3.8) is 0 Å². The van der Waals surface area contributed by atoms with Crippen LogP contribution >= 0.6 is 0 Å².